The van der Waals surface area contributed by atoms with Crippen molar-refractivity contribution in [3.05, 3.63) is 0 Å². The molecule has 0 spiro atoms. The van der Waals surface area contributed by atoms with E-state index in [1.807, 2.05) is 0 Å². The Morgan fingerprint density at radius 3 is 1.40 bits per heavy atom. The number of ether oxygens (including phenoxy) is 2. The molecular formula is C6H2N2O6Si. The second kappa shape index (κ2) is 6.01. The molecule has 9 heteroatoms. The summed E-state index contributed by atoms with van der Waals surface area (Å²) in [7, 11) is 0. The molecule has 0 N–H and O–H groups in total. The van der Waals surface area contributed by atoms with Gasteiger partial charge in [-0.05, 0) is 0 Å². The zero-order valence-electron chi connectivity index (χ0n) is 7.00. The summed E-state index contributed by atoms with van der Waals surface area (Å²) in [6.07, 6.45) is 0.264. The minimum absolute atomic E-state index is 0. The van der Waals surface area contributed by atoms with Crippen LogP contribution in [0.25, 0.3) is 0 Å². The molecule has 0 aliphatic carbocycles. The molecule has 0 bridgehead atoms. The van der Waals surface area contributed by atoms with Gasteiger partial charge in [0, 0.05) is 25.4 Å². The molecule has 2 aliphatic rings. The van der Waals surface area contributed by atoms with Crippen molar-refractivity contribution in [2.75, 3.05) is 0 Å². The van der Waals surface area contributed by atoms with Crippen molar-refractivity contribution >= 4 is 35.6 Å². The molecule has 0 radical (unpaired) electrons. The van der Waals surface area contributed by atoms with E-state index in [1.165, 1.54) is 0 Å². The van der Waals surface area contributed by atoms with Crippen molar-refractivity contribution in [1.82, 2.24) is 0 Å². The molecule has 0 saturated heterocycles. The summed E-state index contributed by atoms with van der Waals surface area (Å²) < 4.78 is 7.89. The predicted octanol–water partition coefficient (Wildman–Crippen LogP) is -4.11. The van der Waals surface area contributed by atoms with Crippen LogP contribution in [0.3, 0.4) is 0 Å². The van der Waals surface area contributed by atoms with Crippen LogP contribution in [0.4, 0.5) is 0 Å². The summed E-state index contributed by atoms with van der Waals surface area (Å²) in [6, 6.07) is 0. The van der Waals surface area contributed by atoms with Crippen LogP contribution in [0, 0.1) is 0 Å². The second-order valence-corrected chi connectivity index (χ2v) is 1.98. The third-order valence-electron chi connectivity index (χ3n) is 1.03. The van der Waals surface area contributed by atoms with Crippen LogP contribution in [-0.2, 0) is 19.1 Å². The van der Waals surface area contributed by atoms with E-state index in [0.717, 1.165) is 0 Å². The SMILES string of the molecule is O=C1N=[C-]OC1[O-].O=C1N=[C-]OC1[O-].[Si+4]. The zero-order valence-corrected chi connectivity index (χ0v) is 8.00. The molecule has 8 nitrogen and oxygen atoms in total. The quantitative estimate of drug-likeness (QED) is 0.305. The molecule has 2 rings (SSSR count). The van der Waals surface area contributed by atoms with Crippen LogP contribution in [0.15, 0.2) is 9.98 Å². The molecule has 76 valence electrons. The van der Waals surface area contributed by atoms with E-state index in [0.29, 0.717) is 0 Å². The molecule has 2 unspecified atom stereocenters. The van der Waals surface area contributed by atoms with E-state index in [4.69, 9.17) is 0 Å². The van der Waals surface area contributed by atoms with Crippen molar-refractivity contribution in [3.8, 4) is 0 Å². The van der Waals surface area contributed by atoms with E-state index < -0.39 is 24.4 Å². The maximum absolute atomic E-state index is 9.93. The Balaban J connectivity index is 0.000000245. The summed E-state index contributed by atoms with van der Waals surface area (Å²) in [4.78, 5) is 25.6. The summed E-state index contributed by atoms with van der Waals surface area (Å²) in [5.41, 5.74) is 0. The number of amides is 2. The molecule has 2 aliphatic heterocycles. The third kappa shape index (κ3) is 3.97. The third-order valence-corrected chi connectivity index (χ3v) is 1.03. The van der Waals surface area contributed by atoms with Crippen molar-refractivity contribution in [3.63, 3.8) is 0 Å². The monoisotopic (exact) mass is 226 g/mol. The van der Waals surface area contributed by atoms with E-state index in [9.17, 15) is 19.8 Å². The van der Waals surface area contributed by atoms with Crippen LogP contribution < -0.4 is 10.2 Å². The van der Waals surface area contributed by atoms with E-state index >= 15 is 0 Å². The van der Waals surface area contributed by atoms with Gasteiger partial charge < -0.3 is 39.3 Å². The molecule has 15 heavy (non-hydrogen) atoms. The van der Waals surface area contributed by atoms with Crippen molar-refractivity contribution in [1.29, 1.82) is 0 Å². The largest absolute Gasteiger partial charge is 4.00 e. The number of rotatable bonds is 0. The molecule has 2 amide bonds. The normalized spacial score (nSPS) is 26.3. The van der Waals surface area contributed by atoms with Crippen molar-refractivity contribution in [2.24, 2.45) is 9.98 Å². The van der Waals surface area contributed by atoms with Crippen molar-refractivity contribution < 1.29 is 29.3 Å². The van der Waals surface area contributed by atoms with Crippen molar-refractivity contribution in [2.45, 2.75) is 12.6 Å². The minimum Gasteiger partial charge on any atom is -0.830 e. The van der Waals surface area contributed by atoms with Crippen LogP contribution in [0.1, 0.15) is 0 Å². The van der Waals surface area contributed by atoms with Crippen LogP contribution in [0.5, 0.6) is 0 Å². The fourth-order valence-electron chi connectivity index (χ4n) is 0.445. The fourth-order valence-corrected chi connectivity index (χ4v) is 0.445. The van der Waals surface area contributed by atoms with Crippen LogP contribution >= 0.6 is 0 Å². The van der Waals surface area contributed by atoms with E-state index in [1.54, 1.807) is 12.8 Å². The van der Waals surface area contributed by atoms with Gasteiger partial charge in [-0.15, -0.1) is 0 Å². The smallest absolute Gasteiger partial charge is 0.830 e. The van der Waals surface area contributed by atoms with Crippen LogP contribution in [-0.4, -0.2) is 48.2 Å². The Morgan fingerprint density at radius 2 is 1.33 bits per heavy atom. The van der Waals surface area contributed by atoms with E-state index in [-0.39, 0.29) is 11.0 Å². The van der Waals surface area contributed by atoms with Gasteiger partial charge in [-0.25, -0.2) is 0 Å². The number of nitrogens with zero attached hydrogens (tertiary/aromatic N) is 2. The molecular weight excluding hydrogens is 224 g/mol. The average Bonchev–Trinajstić information content (AvgIpc) is 2.67. The van der Waals surface area contributed by atoms with Gasteiger partial charge in [0.2, 0.25) is 0 Å². The maximum atomic E-state index is 9.93. The molecule has 0 aromatic carbocycles. The number of hydrogen-bond acceptors (Lipinski definition) is 6. The van der Waals surface area contributed by atoms with Gasteiger partial charge in [0.25, 0.3) is 0 Å². The molecule has 0 aromatic heterocycles. The van der Waals surface area contributed by atoms with Gasteiger partial charge in [-0.1, -0.05) is 0 Å². The number of aliphatic imine (C=N–C) groups is 2. The Hall–Kier alpha value is -1.58. The Labute approximate surface area is 88.3 Å². The second-order valence-electron chi connectivity index (χ2n) is 1.98. The number of carbonyl (C=O) groups excluding carboxylic acids is 2. The Kier molecular flexibility index (Phi) is 5.37. The summed E-state index contributed by atoms with van der Waals surface area (Å²) in [5.74, 6) is -1.61. The maximum Gasteiger partial charge on any atom is 4.00 e. The van der Waals surface area contributed by atoms with Gasteiger partial charge in [0.1, 0.15) is 11.8 Å². The first-order valence-electron chi connectivity index (χ1n) is 3.23. The fraction of sp³-hybridized carbons (Fsp3) is 0.333. The van der Waals surface area contributed by atoms with Gasteiger partial charge >= 0.3 is 11.0 Å². The first-order chi connectivity index (χ1) is 6.61. The summed E-state index contributed by atoms with van der Waals surface area (Å²) in [5, 5.41) is 19.9. The molecule has 0 fully saturated rings. The van der Waals surface area contributed by atoms with Gasteiger partial charge in [-0.3, -0.25) is 0 Å². The molecule has 0 saturated carbocycles. The van der Waals surface area contributed by atoms with Crippen LogP contribution in [0.2, 0.25) is 0 Å². The topological polar surface area (TPSA) is 123 Å². The first kappa shape index (κ1) is 13.4. The number of carbonyl (C=O) groups is 2. The van der Waals surface area contributed by atoms with Gasteiger partial charge in [0.15, 0.2) is 0 Å². The summed E-state index contributed by atoms with van der Waals surface area (Å²) >= 11 is 0. The van der Waals surface area contributed by atoms with Gasteiger partial charge in [0.05, 0.1) is 0 Å². The number of hydrogen-bond donors (Lipinski definition) is 0. The Bertz CT molecular complexity index is 274. The van der Waals surface area contributed by atoms with E-state index in [2.05, 4.69) is 19.5 Å². The minimum atomic E-state index is -1.65. The zero-order chi connectivity index (χ0) is 10.6. The predicted molar refractivity (Wildman–Crippen MR) is 40.4 cm³/mol. The average molecular weight is 226 g/mol. The van der Waals surface area contributed by atoms with Gasteiger partial charge in [-0.2, -0.15) is 0 Å². The summed E-state index contributed by atoms with van der Waals surface area (Å²) in [6.45, 7) is 0. The first-order valence-corrected chi connectivity index (χ1v) is 3.23. The molecule has 2 heterocycles. The molecule has 2 atom stereocenters. The Morgan fingerprint density at radius 1 is 1.00 bits per heavy atom. The standard InChI is InChI=1S/2C3HNO3.Si/c2*5-2-3(6)7-1-4-2;/h2*3H;/q2*-2;+4. The molecule has 0 aromatic rings.